The van der Waals surface area contributed by atoms with E-state index in [4.69, 9.17) is 0 Å². The molecule has 1 aromatic carbocycles. The Labute approximate surface area is 155 Å². The summed E-state index contributed by atoms with van der Waals surface area (Å²) in [6, 6.07) is 9.74. The van der Waals surface area contributed by atoms with Gasteiger partial charge in [-0.1, -0.05) is 24.6 Å². The van der Waals surface area contributed by atoms with Gasteiger partial charge < -0.3 is 10.0 Å². The van der Waals surface area contributed by atoms with Crippen molar-refractivity contribution in [3.05, 3.63) is 30.3 Å². The van der Waals surface area contributed by atoms with Crippen LogP contribution in [0.4, 0.5) is 5.69 Å². The number of hydrogen-bond acceptors (Lipinski definition) is 3. The van der Waals surface area contributed by atoms with Crippen molar-refractivity contribution < 1.29 is 14.7 Å². The molecule has 2 atom stereocenters. The van der Waals surface area contributed by atoms with Gasteiger partial charge in [0.2, 0.25) is 5.91 Å². The van der Waals surface area contributed by atoms with Crippen LogP contribution < -0.4 is 4.90 Å². The maximum Gasteiger partial charge on any atom is 0.311 e. The fourth-order valence-corrected chi connectivity index (χ4v) is 4.45. The summed E-state index contributed by atoms with van der Waals surface area (Å²) < 4.78 is 0. The Kier molecular flexibility index (Phi) is 6.12. The predicted octanol–water partition coefficient (Wildman–Crippen LogP) is 3.04. The average molecular weight is 367 g/mol. The summed E-state index contributed by atoms with van der Waals surface area (Å²) in [6.07, 6.45) is 2.69. The first-order valence-corrected chi connectivity index (χ1v) is 8.77. The second-order valence-corrected chi connectivity index (χ2v) is 7.41. The summed E-state index contributed by atoms with van der Waals surface area (Å²) >= 11 is 0. The van der Waals surface area contributed by atoms with E-state index in [2.05, 4.69) is 0 Å². The van der Waals surface area contributed by atoms with Crippen LogP contribution in [-0.2, 0) is 9.59 Å². The number of fused-ring (bicyclic) bond motifs is 1. The van der Waals surface area contributed by atoms with E-state index in [-0.39, 0.29) is 30.3 Å². The van der Waals surface area contributed by atoms with Gasteiger partial charge >= 0.3 is 5.97 Å². The van der Waals surface area contributed by atoms with Gasteiger partial charge in [-0.2, -0.15) is 0 Å². The highest BCUT2D eigenvalue weighted by atomic mass is 35.5. The molecule has 1 aliphatic heterocycles. The van der Waals surface area contributed by atoms with Gasteiger partial charge in [0.25, 0.3) is 0 Å². The Hall–Kier alpha value is -1.59. The minimum Gasteiger partial charge on any atom is -0.481 e. The van der Waals surface area contributed by atoms with E-state index in [0.717, 1.165) is 31.5 Å². The number of hydrogen-bond donors (Lipinski definition) is 1. The molecular formula is C19H27ClN2O3. The number of carbonyl (C=O) groups excluding carboxylic acids is 1. The zero-order valence-corrected chi connectivity index (χ0v) is 15.7. The maximum atomic E-state index is 12.9. The molecule has 0 unspecified atom stereocenters. The van der Waals surface area contributed by atoms with Crippen molar-refractivity contribution in [2.24, 2.45) is 11.3 Å². The van der Waals surface area contributed by atoms with Crippen LogP contribution in [0.3, 0.4) is 0 Å². The molecule has 25 heavy (non-hydrogen) atoms. The lowest BCUT2D eigenvalue weighted by Crippen LogP contribution is -2.44. The Morgan fingerprint density at radius 3 is 2.56 bits per heavy atom. The third-order valence-electron chi connectivity index (χ3n) is 5.55. The number of para-hydroxylation sites is 1. The summed E-state index contributed by atoms with van der Waals surface area (Å²) in [5.74, 6) is -0.465. The van der Waals surface area contributed by atoms with Crippen LogP contribution in [0, 0.1) is 11.3 Å². The molecule has 1 N–H and O–H groups in total. The first kappa shape index (κ1) is 19.7. The fraction of sp³-hybridized carbons (Fsp3) is 0.579. The highest BCUT2D eigenvalue weighted by Crippen LogP contribution is 2.48. The smallest absolute Gasteiger partial charge is 0.311 e. The van der Waals surface area contributed by atoms with E-state index in [9.17, 15) is 14.7 Å². The number of anilines is 1. The molecule has 0 radical (unpaired) electrons. The lowest BCUT2D eigenvalue weighted by atomic mass is 9.81. The number of aliphatic carboxylic acids is 1. The van der Waals surface area contributed by atoms with E-state index in [0.29, 0.717) is 13.1 Å². The molecule has 1 saturated carbocycles. The Balaban J connectivity index is 0.00000225. The van der Waals surface area contributed by atoms with Gasteiger partial charge in [-0.3, -0.25) is 14.5 Å². The molecule has 0 aromatic heterocycles. The number of likely N-dealkylation sites (tertiary alicyclic amines) is 1. The molecule has 6 heteroatoms. The summed E-state index contributed by atoms with van der Waals surface area (Å²) in [4.78, 5) is 28.5. The fourth-order valence-electron chi connectivity index (χ4n) is 4.45. The van der Waals surface area contributed by atoms with Crippen LogP contribution in [-0.4, -0.2) is 47.6 Å². The molecule has 0 bridgehead atoms. The van der Waals surface area contributed by atoms with Gasteiger partial charge in [-0.15, -0.1) is 12.4 Å². The average Bonchev–Trinajstić information content (AvgIpc) is 3.05. The normalized spacial score (nSPS) is 25.5. The molecule has 1 aromatic rings. The Morgan fingerprint density at radius 1 is 1.32 bits per heavy atom. The second kappa shape index (κ2) is 7.75. The van der Waals surface area contributed by atoms with E-state index < -0.39 is 11.4 Å². The minimum atomic E-state index is -0.691. The van der Waals surface area contributed by atoms with Crippen LogP contribution in [0.15, 0.2) is 30.3 Å². The number of carboxylic acids is 1. The lowest BCUT2D eigenvalue weighted by molar-refractivity contribution is -0.149. The monoisotopic (exact) mass is 366 g/mol. The lowest BCUT2D eigenvalue weighted by Gasteiger charge is -2.29. The third-order valence-corrected chi connectivity index (χ3v) is 5.55. The van der Waals surface area contributed by atoms with Crippen LogP contribution in [0.1, 0.15) is 33.1 Å². The zero-order valence-electron chi connectivity index (χ0n) is 14.9. The van der Waals surface area contributed by atoms with Crippen LogP contribution in [0.5, 0.6) is 0 Å². The topological polar surface area (TPSA) is 60.9 Å². The summed E-state index contributed by atoms with van der Waals surface area (Å²) in [5.41, 5.74) is 0.264. The van der Waals surface area contributed by atoms with Crippen molar-refractivity contribution in [3.8, 4) is 0 Å². The number of rotatable bonds is 5. The van der Waals surface area contributed by atoms with Crippen LogP contribution in [0.25, 0.3) is 0 Å². The van der Waals surface area contributed by atoms with E-state index >= 15 is 0 Å². The molecule has 1 heterocycles. The van der Waals surface area contributed by atoms with Crippen molar-refractivity contribution in [3.63, 3.8) is 0 Å². The Bertz CT molecular complexity index is 622. The summed E-state index contributed by atoms with van der Waals surface area (Å²) in [6.45, 7) is 5.52. The highest BCUT2D eigenvalue weighted by Gasteiger charge is 2.54. The van der Waals surface area contributed by atoms with Gasteiger partial charge in [0.1, 0.15) is 0 Å². The largest absolute Gasteiger partial charge is 0.481 e. The van der Waals surface area contributed by atoms with Crippen molar-refractivity contribution >= 4 is 30.0 Å². The molecule has 2 fully saturated rings. The molecule has 0 spiro atoms. The van der Waals surface area contributed by atoms with Crippen molar-refractivity contribution in [1.82, 2.24) is 4.90 Å². The summed E-state index contributed by atoms with van der Waals surface area (Å²) in [7, 11) is 0. The van der Waals surface area contributed by atoms with Gasteiger partial charge in [-0.05, 0) is 44.7 Å². The van der Waals surface area contributed by atoms with Gasteiger partial charge in [-0.25, -0.2) is 0 Å². The number of carbonyl (C=O) groups is 2. The van der Waals surface area contributed by atoms with Gasteiger partial charge in [0.15, 0.2) is 0 Å². The van der Waals surface area contributed by atoms with Crippen LogP contribution >= 0.6 is 12.4 Å². The minimum absolute atomic E-state index is 0. The quantitative estimate of drug-likeness (QED) is 0.870. The number of benzene rings is 1. The number of halogens is 1. The van der Waals surface area contributed by atoms with E-state index in [1.54, 1.807) is 0 Å². The molecule has 1 aliphatic carbocycles. The van der Waals surface area contributed by atoms with Crippen molar-refractivity contribution in [1.29, 1.82) is 0 Å². The van der Waals surface area contributed by atoms with Crippen molar-refractivity contribution in [2.75, 3.05) is 24.5 Å². The maximum absolute atomic E-state index is 12.9. The molecule has 1 saturated heterocycles. The first-order valence-electron chi connectivity index (χ1n) is 8.77. The Morgan fingerprint density at radius 2 is 2.00 bits per heavy atom. The molecule has 3 rings (SSSR count). The van der Waals surface area contributed by atoms with Gasteiger partial charge in [0.05, 0.1) is 12.0 Å². The van der Waals surface area contributed by atoms with Gasteiger partial charge in [0, 0.05) is 24.8 Å². The van der Waals surface area contributed by atoms with Crippen LogP contribution in [0.2, 0.25) is 0 Å². The van der Waals surface area contributed by atoms with Crippen molar-refractivity contribution in [2.45, 2.75) is 39.2 Å². The molecule has 5 nitrogen and oxygen atoms in total. The zero-order chi connectivity index (χ0) is 17.3. The predicted molar refractivity (Wildman–Crippen MR) is 100 cm³/mol. The van der Waals surface area contributed by atoms with E-state index in [1.807, 2.05) is 54.0 Å². The van der Waals surface area contributed by atoms with E-state index in [1.165, 1.54) is 0 Å². The standard InChI is InChI=1S/C19H26N2O3.ClH/c1-14(2)21(16-8-4-3-5-9-16)17(22)12-20-11-15-7-6-10-19(15,13-20)18(23)24;/h3-5,8-9,14-15H,6-7,10-13H2,1-2H3,(H,23,24);1H/t15-,19+;/m0./s1. The SMILES string of the molecule is CC(C)N(C(=O)CN1C[C@@H]2CCC[C@@]2(C(=O)O)C1)c1ccccc1.Cl. The second-order valence-electron chi connectivity index (χ2n) is 7.41. The first-order chi connectivity index (χ1) is 11.4. The molecule has 138 valence electrons. The molecule has 2 aliphatic rings. The summed E-state index contributed by atoms with van der Waals surface area (Å²) in [5, 5.41) is 9.68. The highest BCUT2D eigenvalue weighted by molar-refractivity contribution is 5.95. The molecular weight excluding hydrogens is 340 g/mol. The molecule has 1 amide bonds. The number of amides is 1. The number of carboxylic acid groups (broad SMARTS) is 1. The number of nitrogens with zero attached hydrogens (tertiary/aromatic N) is 2. The third kappa shape index (κ3) is 3.67.